The summed E-state index contributed by atoms with van der Waals surface area (Å²) in [6.07, 6.45) is 5.97. The highest BCUT2D eigenvalue weighted by molar-refractivity contribution is 7.89. The van der Waals surface area contributed by atoms with E-state index >= 15 is 0 Å². The number of benzene rings is 2. The number of nitrogens with zero attached hydrogens (tertiary/aromatic N) is 3. The standard InChI is InChI=1S/C27H38N4O5S2.C5H12S.ClH/c1-20(28-38(34,35)26-12-8-9-22-23(26)10-7-11-24(22)29(3)4)27(33)36-18-13-25(37)21(2)31(19-32)17-16-30-14-5-6-15-30;1-3-4-5(2)6;/h7-12,19-20,28,37H,5-6,13-18H2,1-4H3;5-6H,3-4H2,1-2H3;1H/b25-21-;;. The molecule has 2 unspecified atom stereocenters. The van der Waals surface area contributed by atoms with Crippen LogP contribution in [0.4, 0.5) is 5.69 Å². The highest BCUT2D eigenvalue weighted by Gasteiger charge is 2.25. The number of amides is 1. The lowest BCUT2D eigenvalue weighted by atomic mass is 10.1. The summed E-state index contributed by atoms with van der Waals surface area (Å²) in [7, 11) is -0.213. The number of hydrogen-bond acceptors (Lipinski definition) is 9. The molecule has 0 spiro atoms. The number of rotatable bonds is 15. The lowest BCUT2D eigenvalue weighted by Crippen LogP contribution is -2.39. The van der Waals surface area contributed by atoms with E-state index in [9.17, 15) is 18.0 Å². The largest absolute Gasteiger partial charge is 0.464 e. The number of hydrogen-bond donors (Lipinski definition) is 3. The third-order valence-corrected chi connectivity index (χ3v) is 9.84. The van der Waals surface area contributed by atoms with Crippen molar-refractivity contribution in [3.8, 4) is 0 Å². The molecule has 1 amide bonds. The third kappa shape index (κ3) is 13.0. The Labute approximate surface area is 287 Å². The van der Waals surface area contributed by atoms with Crippen LogP contribution >= 0.6 is 37.7 Å². The Balaban J connectivity index is 0.00000131. The molecule has 2 aromatic rings. The number of sulfonamides is 1. The number of esters is 1. The topological polar surface area (TPSA) is 99.3 Å². The van der Waals surface area contributed by atoms with Gasteiger partial charge in [0, 0.05) is 60.7 Å². The lowest BCUT2D eigenvalue weighted by molar-refractivity contribution is -0.145. The molecule has 254 valence electrons. The van der Waals surface area contributed by atoms with Crippen LogP contribution in [-0.4, -0.2) is 88.8 Å². The van der Waals surface area contributed by atoms with Gasteiger partial charge in [0.2, 0.25) is 16.4 Å². The molecular formula is C32H51ClN4O5S3. The van der Waals surface area contributed by atoms with Crippen molar-refractivity contribution in [1.82, 2.24) is 14.5 Å². The van der Waals surface area contributed by atoms with Crippen LogP contribution in [0.15, 0.2) is 51.9 Å². The minimum atomic E-state index is -4.00. The van der Waals surface area contributed by atoms with E-state index in [-0.39, 0.29) is 23.9 Å². The molecule has 0 bridgehead atoms. The SMILES string of the molecule is C/C(=C(/S)CCOC(=O)C(C)NS(=O)(=O)c1cccc2c(N(C)C)cccc12)N(C=O)CCN1CCCC1.CCCC(C)S.Cl. The molecule has 2 atom stereocenters. The van der Waals surface area contributed by atoms with Gasteiger partial charge in [0.05, 0.1) is 11.5 Å². The summed E-state index contributed by atoms with van der Waals surface area (Å²) in [5, 5.41) is 1.95. The first-order valence-electron chi connectivity index (χ1n) is 15.2. The molecule has 1 saturated heterocycles. The zero-order valence-corrected chi connectivity index (χ0v) is 30.8. The van der Waals surface area contributed by atoms with Crippen LogP contribution in [0.5, 0.6) is 0 Å². The summed E-state index contributed by atoms with van der Waals surface area (Å²) in [6.45, 7) is 11.0. The zero-order valence-electron chi connectivity index (χ0n) is 27.4. The number of halogens is 1. The highest BCUT2D eigenvalue weighted by Crippen LogP contribution is 2.30. The molecule has 1 N–H and O–H groups in total. The Morgan fingerprint density at radius 1 is 1.11 bits per heavy atom. The van der Waals surface area contributed by atoms with Crippen LogP contribution in [-0.2, 0) is 24.3 Å². The van der Waals surface area contributed by atoms with E-state index in [1.54, 1.807) is 23.1 Å². The molecule has 2 aromatic carbocycles. The van der Waals surface area contributed by atoms with E-state index in [2.05, 4.69) is 48.7 Å². The van der Waals surface area contributed by atoms with E-state index in [1.807, 2.05) is 38.1 Å². The normalized spacial score (nSPS) is 15.2. The highest BCUT2D eigenvalue weighted by atomic mass is 35.5. The molecule has 1 fully saturated rings. The minimum Gasteiger partial charge on any atom is -0.464 e. The summed E-state index contributed by atoms with van der Waals surface area (Å²) in [5.74, 6) is -0.692. The van der Waals surface area contributed by atoms with Gasteiger partial charge in [-0.25, -0.2) is 8.42 Å². The van der Waals surface area contributed by atoms with Crippen molar-refractivity contribution in [2.45, 2.75) is 76.0 Å². The van der Waals surface area contributed by atoms with Gasteiger partial charge in [-0.3, -0.25) is 9.59 Å². The Morgan fingerprint density at radius 2 is 1.73 bits per heavy atom. The van der Waals surface area contributed by atoms with Crippen molar-refractivity contribution < 1.29 is 22.7 Å². The Morgan fingerprint density at radius 3 is 2.29 bits per heavy atom. The maximum absolute atomic E-state index is 13.2. The molecular weight excluding hydrogens is 652 g/mol. The monoisotopic (exact) mass is 702 g/mol. The number of carbonyl (C=O) groups is 2. The number of nitrogens with one attached hydrogen (secondary N) is 1. The van der Waals surface area contributed by atoms with Crippen molar-refractivity contribution in [3.63, 3.8) is 0 Å². The molecule has 0 aromatic heterocycles. The van der Waals surface area contributed by atoms with Gasteiger partial charge in [0.15, 0.2) is 0 Å². The Hall–Kier alpha value is -1.96. The molecule has 1 aliphatic heterocycles. The minimum absolute atomic E-state index is 0. The molecule has 0 radical (unpaired) electrons. The van der Waals surface area contributed by atoms with Gasteiger partial charge in [-0.15, -0.1) is 25.0 Å². The first-order chi connectivity index (χ1) is 20.8. The number of fused-ring (bicyclic) bond motifs is 1. The van der Waals surface area contributed by atoms with Crippen molar-refractivity contribution in [3.05, 3.63) is 47.0 Å². The average Bonchev–Trinajstić information content (AvgIpc) is 3.50. The van der Waals surface area contributed by atoms with Gasteiger partial charge in [-0.2, -0.15) is 17.4 Å². The summed E-state index contributed by atoms with van der Waals surface area (Å²) < 4.78 is 34.1. The number of carbonyl (C=O) groups excluding carboxylic acids is 2. The quantitative estimate of drug-likeness (QED) is 0.124. The molecule has 0 saturated carbocycles. The molecule has 1 heterocycles. The summed E-state index contributed by atoms with van der Waals surface area (Å²) >= 11 is 8.69. The summed E-state index contributed by atoms with van der Waals surface area (Å²) in [6, 6.07) is 9.44. The molecule has 3 rings (SSSR count). The number of thiol groups is 2. The van der Waals surface area contributed by atoms with Gasteiger partial charge in [-0.05, 0) is 63.6 Å². The van der Waals surface area contributed by atoms with Crippen LogP contribution in [0.1, 0.15) is 59.8 Å². The zero-order chi connectivity index (χ0) is 32.9. The first kappa shape index (κ1) is 41.1. The van der Waals surface area contributed by atoms with Crippen molar-refractivity contribution in [2.75, 3.05) is 51.8 Å². The number of anilines is 1. The maximum Gasteiger partial charge on any atom is 0.323 e. The van der Waals surface area contributed by atoms with Gasteiger partial charge < -0.3 is 19.4 Å². The lowest BCUT2D eigenvalue weighted by Gasteiger charge is -2.23. The van der Waals surface area contributed by atoms with Crippen LogP contribution in [0, 0.1) is 0 Å². The average molecular weight is 703 g/mol. The fraction of sp³-hybridized carbons (Fsp3) is 0.562. The number of ether oxygens (including phenoxy) is 1. The molecule has 45 heavy (non-hydrogen) atoms. The van der Waals surface area contributed by atoms with Crippen molar-refractivity contribution in [1.29, 1.82) is 0 Å². The van der Waals surface area contributed by atoms with Crippen molar-refractivity contribution >= 4 is 76.5 Å². The van der Waals surface area contributed by atoms with Gasteiger partial charge >= 0.3 is 5.97 Å². The van der Waals surface area contributed by atoms with Gasteiger partial charge in [0.1, 0.15) is 6.04 Å². The van der Waals surface area contributed by atoms with Crippen LogP contribution in [0.25, 0.3) is 10.8 Å². The van der Waals surface area contributed by atoms with E-state index in [0.717, 1.165) is 37.1 Å². The van der Waals surface area contributed by atoms with E-state index < -0.39 is 22.0 Å². The van der Waals surface area contributed by atoms with Gasteiger partial charge in [0.25, 0.3) is 0 Å². The molecule has 9 nitrogen and oxygen atoms in total. The second kappa shape index (κ2) is 20.3. The summed E-state index contributed by atoms with van der Waals surface area (Å²) in [5.41, 5.74) is 1.60. The molecule has 0 aliphatic carbocycles. The summed E-state index contributed by atoms with van der Waals surface area (Å²) in [4.78, 5) is 30.8. The van der Waals surface area contributed by atoms with Gasteiger partial charge in [-0.1, -0.05) is 44.5 Å². The van der Waals surface area contributed by atoms with E-state index in [0.29, 0.717) is 34.2 Å². The smallest absolute Gasteiger partial charge is 0.323 e. The van der Waals surface area contributed by atoms with E-state index in [1.165, 1.54) is 38.7 Å². The molecule has 13 heteroatoms. The van der Waals surface area contributed by atoms with Crippen LogP contribution in [0.3, 0.4) is 0 Å². The number of likely N-dealkylation sites (tertiary alicyclic amines) is 1. The second-order valence-corrected chi connectivity index (χ2v) is 14.4. The molecule has 1 aliphatic rings. The van der Waals surface area contributed by atoms with Crippen molar-refractivity contribution in [2.24, 2.45) is 0 Å². The van der Waals surface area contributed by atoms with Crippen LogP contribution in [0.2, 0.25) is 0 Å². The second-order valence-electron chi connectivity index (χ2n) is 11.3. The third-order valence-electron chi connectivity index (χ3n) is 7.44. The predicted molar refractivity (Wildman–Crippen MR) is 194 cm³/mol. The van der Waals surface area contributed by atoms with E-state index in [4.69, 9.17) is 4.74 Å². The first-order valence-corrected chi connectivity index (χ1v) is 17.7. The Bertz CT molecular complexity index is 1370. The number of allylic oxidation sites excluding steroid dienone is 1. The fourth-order valence-electron chi connectivity index (χ4n) is 4.93. The van der Waals surface area contributed by atoms with Crippen LogP contribution < -0.4 is 9.62 Å². The Kier molecular flexibility index (Phi) is 18.5. The maximum atomic E-state index is 13.2. The fourth-order valence-corrected chi connectivity index (χ4v) is 6.82. The predicted octanol–water partition coefficient (Wildman–Crippen LogP) is 5.75.